The number of amides is 8. The largest absolute Gasteiger partial charge is 0.493 e. The molecule has 0 aliphatic carbocycles. The molecule has 5 aromatic rings. The summed E-state index contributed by atoms with van der Waals surface area (Å²) in [7, 11) is 2.93. The molecule has 4 N–H and O–H groups in total. The van der Waals surface area contributed by atoms with Gasteiger partial charge in [0.1, 0.15) is 31.9 Å². The SMILES string of the molecule is COc1cc2c(cc1OCCOCCOc1cc3c(cc1OC)C(=O)N1Cc4ccccc4C[C@H]1C(O)N3C(=O)OCc1ccc(NC(=O)[C@H](C)NC(=O)C(NC(=O)CCCCCN3C(=O)C=CC3=O)C(C)C)cc1)N=C[C@@H]1Cc3ccccc3CN1C2=O. The Hall–Kier alpha value is -9.61. The molecule has 89 heavy (non-hydrogen) atoms. The molecule has 23 nitrogen and oxygen atoms in total. The summed E-state index contributed by atoms with van der Waals surface area (Å²) < 4.78 is 35.5. The lowest BCUT2D eigenvalue weighted by Gasteiger charge is -2.39. The lowest BCUT2D eigenvalue weighted by atomic mass is 9.93. The molecule has 0 radical (unpaired) electrons. The highest BCUT2D eigenvalue weighted by atomic mass is 16.6. The van der Waals surface area contributed by atoms with Crippen molar-refractivity contribution in [3.05, 3.63) is 148 Å². The van der Waals surface area contributed by atoms with Crippen LogP contribution < -0.4 is 39.8 Å². The smallest absolute Gasteiger partial charge is 0.416 e. The van der Waals surface area contributed by atoms with Crippen molar-refractivity contribution < 1.29 is 71.9 Å². The third-order valence-corrected chi connectivity index (χ3v) is 16.3. The molecule has 5 aliphatic rings. The van der Waals surface area contributed by atoms with Crippen LogP contribution in [0.1, 0.15) is 95.0 Å². The third-order valence-electron chi connectivity index (χ3n) is 16.3. The number of ether oxygens (including phenoxy) is 6. The maximum atomic E-state index is 14.6. The topological polar surface area (TPSA) is 274 Å². The van der Waals surface area contributed by atoms with E-state index < -0.39 is 48.2 Å². The van der Waals surface area contributed by atoms with Gasteiger partial charge in [0, 0.05) is 62.2 Å². The van der Waals surface area contributed by atoms with Gasteiger partial charge in [0.2, 0.25) is 17.7 Å². The highest BCUT2D eigenvalue weighted by molar-refractivity contribution is 6.13. The summed E-state index contributed by atoms with van der Waals surface area (Å²) >= 11 is 0. The number of carbonyl (C=O) groups excluding carboxylic acids is 8. The number of imide groups is 1. The number of benzene rings is 5. The van der Waals surface area contributed by atoms with E-state index in [-0.39, 0.29) is 117 Å². The zero-order chi connectivity index (χ0) is 62.9. The summed E-state index contributed by atoms with van der Waals surface area (Å²) in [6.45, 7) is 6.04. The fraction of sp³-hybridized carbons (Fsp3) is 0.379. The second-order valence-corrected chi connectivity index (χ2v) is 22.6. The number of aliphatic hydroxyl groups excluding tert-OH is 1. The molecule has 0 fully saturated rings. The van der Waals surface area contributed by atoms with Crippen molar-refractivity contribution in [2.75, 3.05) is 57.4 Å². The molecule has 0 aromatic heterocycles. The van der Waals surface area contributed by atoms with Gasteiger partial charge in [-0.05, 0) is 90.6 Å². The monoisotopic (exact) mass is 1220 g/mol. The van der Waals surface area contributed by atoms with E-state index in [9.17, 15) is 43.5 Å². The van der Waals surface area contributed by atoms with Gasteiger partial charge in [-0.2, -0.15) is 0 Å². The number of nitrogens with one attached hydrogen (secondary N) is 3. The Labute approximate surface area is 514 Å². The Morgan fingerprint density at radius 1 is 0.663 bits per heavy atom. The van der Waals surface area contributed by atoms with Crippen molar-refractivity contribution in [1.29, 1.82) is 0 Å². The van der Waals surface area contributed by atoms with Crippen molar-refractivity contribution >= 4 is 70.7 Å². The maximum Gasteiger partial charge on any atom is 0.416 e. The van der Waals surface area contributed by atoms with Gasteiger partial charge < -0.3 is 59.3 Å². The van der Waals surface area contributed by atoms with E-state index >= 15 is 0 Å². The molecule has 2 unspecified atom stereocenters. The Balaban J connectivity index is 0.738. The number of carbonyl (C=O) groups is 8. The van der Waals surface area contributed by atoms with E-state index in [0.29, 0.717) is 66.2 Å². The van der Waals surface area contributed by atoms with Crippen LogP contribution in [0.15, 0.2) is 114 Å². The molecule has 0 saturated carbocycles. The highest BCUT2D eigenvalue weighted by Gasteiger charge is 2.46. The Kier molecular flexibility index (Phi) is 19.7. The fourth-order valence-corrected chi connectivity index (χ4v) is 11.4. The summed E-state index contributed by atoms with van der Waals surface area (Å²) in [5.74, 6) is -1.92. The number of aliphatic imine (C=N–C) groups is 1. The van der Waals surface area contributed by atoms with Crippen LogP contribution in [0.25, 0.3) is 0 Å². The summed E-state index contributed by atoms with van der Waals surface area (Å²) in [5, 5.41) is 20.5. The minimum absolute atomic E-state index is 0.00141. The van der Waals surface area contributed by atoms with Crippen LogP contribution in [0.5, 0.6) is 23.0 Å². The lowest BCUT2D eigenvalue weighted by molar-refractivity contribution is -0.137. The zero-order valence-corrected chi connectivity index (χ0v) is 50.2. The second-order valence-electron chi connectivity index (χ2n) is 22.6. The van der Waals surface area contributed by atoms with E-state index in [2.05, 4.69) is 22.0 Å². The maximum absolute atomic E-state index is 14.6. The van der Waals surface area contributed by atoms with Gasteiger partial charge in [-0.15, -0.1) is 0 Å². The third kappa shape index (κ3) is 14.2. The van der Waals surface area contributed by atoms with Crippen molar-refractivity contribution in [1.82, 2.24) is 25.3 Å². The predicted molar refractivity (Wildman–Crippen MR) is 326 cm³/mol. The number of hydrogen-bond acceptors (Lipinski definition) is 16. The molecule has 0 saturated heterocycles. The number of fused-ring (bicyclic) bond motifs is 6. The van der Waals surface area contributed by atoms with Gasteiger partial charge in [0.05, 0.1) is 62.0 Å². The van der Waals surface area contributed by atoms with E-state index in [1.54, 1.807) is 55.1 Å². The quantitative estimate of drug-likeness (QED) is 0.0376. The molecule has 0 spiro atoms. The van der Waals surface area contributed by atoms with Crippen LogP contribution in [-0.4, -0.2) is 151 Å². The average molecular weight is 1220 g/mol. The van der Waals surface area contributed by atoms with E-state index in [0.717, 1.165) is 26.5 Å². The number of hydrogen-bond donors (Lipinski definition) is 4. The van der Waals surface area contributed by atoms with Crippen LogP contribution >= 0.6 is 0 Å². The molecule has 0 bridgehead atoms. The van der Waals surface area contributed by atoms with Crippen molar-refractivity contribution in [2.45, 2.75) is 109 Å². The fourth-order valence-electron chi connectivity index (χ4n) is 11.4. The minimum atomic E-state index is -1.58. The molecule has 466 valence electrons. The Morgan fingerprint density at radius 3 is 1.92 bits per heavy atom. The van der Waals surface area contributed by atoms with Crippen LogP contribution in [0.3, 0.4) is 0 Å². The van der Waals surface area contributed by atoms with Gasteiger partial charge >= 0.3 is 6.09 Å². The first-order valence-electron chi connectivity index (χ1n) is 29.7. The van der Waals surface area contributed by atoms with E-state index in [4.69, 9.17) is 33.4 Å². The summed E-state index contributed by atoms with van der Waals surface area (Å²) in [6, 6.07) is 25.4. The van der Waals surface area contributed by atoms with Gasteiger partial charge in [0.25, 0.3) is 23.6 Å². The summed E-state index contributed by atoms with van der Waals surface area (Å²) in [6.07, 6.45) is 4.37. The first-order valence-corrected chi connectivity index (χ1v) is 29.7. The number of unbranched alkanes of at least 4 members (excludes halogenated alkanes) is 2. The molecule has 10 rings (SSSR count). The van der Waals surface area contributed by atoms with Crippen LogP contribution in [0, 0.1) is 5.92 Å². The first-order chi connectivity index (χ1) is 43.0. The molecular weight excluding hydrogens is 1140 g/mol. The van der Waals surface area contributed by atoms with E-state index in [1.807, 2.05) is 53.6 Å². The van der Waals surface area contributed by atoms with Crippen LogP contribution in [0.2, 0.25) is 0 Å². The molecule has 5 aromatic carbocycles. The molecular formula is C66H72N8O15. The number of anilines is 2. The van der Waals surface area contributed by atoms with Crippen LogP contribution in [-0.2, 0) is 66.0 Å². The van der Waals surface area contributed by atoms with Gasteiger partial charge in [-0.1, -0.05) is 80.9 Å². The van der Waals surface area contributed by atoms with Gasteiger partial charge in [-0.3, -0.25) is 43.5 Å². The molecule has 8 amide bonds. The van der Waals surface area contributed by atoms with Crippen LogP contribution in [0.4, 0.5) is 21.9 Å². The first kappa shape index (κ1) is 62.4. The molecule has 23 heteroatoms. The predicted octanol–water partition coefficient (Wildman–Crippen LogP) is 6.57. The van der Waals surface area contributed by atoms with Crippen molar-refractivity contribution in [2.24, 2.45) is 10.9 Å². The zero-order valence-electron chi connectivity index (χ0n) is 50.2. The van der Waals surface area contributed by atoms with Gasteiger partial charge in [0.15, 0.2) is 29.2 Å². The average Bonchev–Trinajstić information content (AvgIpc) is 1.70. The lowest BCUT2D eigenvalue weighted by Crippen LogP contribution is -2.55. The molecule has 5 aliphatic heterocycles. The van der Waals surface area contributed by atoms with Crippen molar-refractivity contribution in [3.8, 4) is 23.0 Å². The highest BCUT2D eigenvalue weighted by Crippen LogP contribution is 2.43. The Morgan fingerprint density at radius 2 is 1.27 bits per heavy atom. The minimum Gasteiger partial charge on any atom is -0.493 e. The number of rotatable bonds is 24. The van der Waals surface area contributed by atoms with Crippen molar-refractivity contribution in [3.63, 3.8) is 0 Å². The number of nitrogens with zero attached hydrogens (tertiary/aromatic N) is 5. The summed E-state index contributed by atoms with van der Waals surface area (Å²) in [5.41, 5.74) is 5.98. The number of aliphatic hydroxyl groups is 1. The standard InChI is InChI=1S/C66H72N8O15/c1-39(2)60(70-57(75)17-7-6-12-24-71-58(76)22-23-59(71)77)62(79)68-40(3)61(78)69-46-20-18-41(19-21-46)38-89-66(83)74-51-34-56(54(85-5)32-49(51)64(81)73-37-45-16-11-9-14-43(45)30-52(73)65(74)82)88-28-26-86-25-27-87-55-33-50-48(31-53(55)84-4)63(80)72-36-44-15-10-8-13-42(44)29-47(72)35-67-50/h8-11,13-16,18-23,31-35,39-40,47,52,60,65,82H,6-7,12,17,24-30,36-38H2,1-5H3,(H,68,79)(H,69,78)(H,70,75)/t40-,47-,52-,60?,65?/m0/s1. The number of methoxy groups -OCH3 is 2. The normalized spacial score (nSPS) is 17.9. The van der Waals surface area contributed by atoms with Gasteiger partial charge in [-0.25, -0.2) is 9.69 Å². The molecule has 5 atom stereocenters. The Bertz CT molecular complexity index is 3570. The summed E-state index contributed by atoms with van der Waals surface area (Å²) in [4.78, 5) is 116. The van der Waals surface area contributed by atoms with E-state index in [1.165, 1.54) is 51.0 Å². The molecule has 5 heterocycles. The second kappa shape index (κ2) is 28.0.